The van der Waals surface area contributed by atoms with Crippen LogP contribution in [0.15, 0.2) is 24.3 Å². The number of hydrogen-bond donors (Lipinski definition) is 1. The van der Waals surface area contributed by atoms with Crippen LogP contribution in [0.3, 0.4) is 0 Å². The molecule has 0 unspecified atom stereocenters. The van der Waals surface area contributed by atoms with E-state index in [1.54, 1.807) is 0 Å². The van der Waals surface area contributed by atoms with Crippen LogP contribution in [0, 0.1) is 0 Å². The van der Waals surface area contributed by atoms with E-state index < -0.39 is 0 Å². The molecule has 0 amide bonds. The minimum absolute atomic E-state index is 0.795. The first-order valence-electron chi connectivity index (χ1n) is 8.83. The molecule has 1 N–H and O–H groups in total. The molecule has 21 heavy (non-hydrogen) atoms. The summed E-state index contributed by atoms with van der Waals surface area (Å²) in [4.78, 5) is 2.57. The maximum absolute atomic E-state index is 3.58. The Morgan fingerprint density at radius 2 is 1.52 bits per heavy atom. The molecule has 0 heterocycles. The summed E-state index contributed by atoms with van der Waals surface area (Å²) in [6.45, 7) is 2.13. The number of nitrogens with one attached hydrogen (secondary N) is 1. The Hall–Kier alpha value is -0.860. The Bertz CT molecular complexity index is 414. The highest BCUT2D eigenvalue weighted by atomic mass is 15.1. The highest BCUT2D eigenvalue weighted by molar-refractivity contribution is 5.22. The predicted molar refractivity (Wildman–Crippen MR) is 89.3 cm³/mol. The second kappa shape index (κ2) is 7.42. The van der Waals surface area contributed by atoms with Crippen molar-refractivity contribution in [2.24, 2.45) is 0 Å². The van der Waals surface area contributed by atoms with Gasteiger partial charge in [0.15, 0.2) is 0 Å². The summed E-state index contributed by atoms with van der Waals surface area (Å²) in [6, 6.07) is 10.8. The normalized spacial score (nSPS) is 20.7. The highest BCUT2D eigenvalue weighted by Crippen LogP contribution is 2.22. The standard InChI is InChI=1S/C19H30N2/c1-21(19-6-4-2-3-5-7-19)15-17-10-8-16(9-11-17)14-20-18-12-13-18/h8-11,18-20H,2-7,12-15H2,1H3. The first-order chi connectivity index (χ1) is 10.3. The van der Waals surface area contributed by atoms with E-state index in [1.807, 2.05) is 0 Å². The van der Waals surface area contributed by atoms with Crippen LogP contribution in [0.2, 0.25) is 0 Å². The first kappa shape index (κ1) is 15.1. The number of hydrogen-bond acceptors (Lipinski definition) is 2. The molecule has 2 aliphatic rings. The maximum Gasteiger partial charge on any atom is 0.0233 e. The van der Waals surface area contributed by atoms with Crippen molar-refractivity contribution in [2.45, 2.75) is 76.5 Å². The number of benzene rings is 1. The lowest BCUT2D eigenvalue weighted by Crippen LogP contribution is -2.30. The van der Waals surface area contributed by atoms with Gasteiger partial charge in [-0.15, -0.1) is 0 Å². The molecule has 0 aromatic heterocycles. The van der Waals surface area contributed by atoms with E-state index in [0.29, 0.717) is 0 Å². The Labute approximate surface area is 129 Å². The lowest BCUT2D eigenvalue weighted by molar-refractivity contribution is 0.213. The van der Waals surface area contributed by atoms with Crippen molar-refractivity contribution < 1.29 is 0 Å². The van der Waals surface area contributed by atoms with Gasteiger partial charge in [0.05, 0.1) is 0 Å². The first-order valence-corrected chi connectivity index (χ1v) is 8.83. The topological polar surface area (TPSA) is 15.3 Å². The van der Waals surface area contributed by atoms with Gasteiger partial charge in [0.1, 0.15) is 0 Å². The summed E-state index contributed by atoms with van der Waals surface area (Å²) >= 11 is 0. The van der Waals surface area contributed by atoms with E-state index in [4.69, 9.17) is 0 Å². The average molecular weight is 286 g/mol. The lowest BCUT2D eigenvalue weighted by Gasteiger charge is -2.27. The van der Waals surface area contributed by atoms with E-state index in [1.165, 1.54) is 62.5 Å². The fraction of sp³-hybridized carbons (Fsp3) is 0.684. The van der Waals surface area contributed by atoms with Crippen LogP contribution in [-0.2, 0) is 13.1 Å². The molecule has 2 heteroatoms. The van der Waals surface area contributed by atoms with Gasteiger partial charge in [0.25, 0.3) is 0 Å². The second-order valence-corrected chi connectivity index (χ2v) is 7.03. The molecule has 3 rings (SSSR count). The quantitative estimate of drug-likeness (QED) is 0.792. The molecule has 2 fully saturated rings. The molecule has 0 saturated heterocycles. The lowest BCUT2D eigenvalue weighted by atomic mass is 10.1. The van der Waals surface area contributed by atoms with Crippen molar-refractivity contribution in [3.63, 3.8) is 0 Å². The second-order valence-electron chi connectivity index (χ2n) is 7.03. The van der Waals surface area contributed by atoms with Crippen LogP contribution in [0.4, 0.5) is 0 Å². The fourth-order valence-electron chi connectivity index (χ4n) is 3.43. The molecule has 116 valence electrons. The summed E-state index contributed by atoms with van der Waals surface area (Å²) in [5.74, 6) is 0. The van der Waals surface area contributed by atoms with Crippen LogP contribution >= 0.6 is 0 Å². The monoisotopic (exact) mass is 286 g/mol. The molecule has 2 aliphatic carbocycles. The van der Waals surface area contributed by atoms with Crippen molar-refractivity contribution in [3.05, 3.63) is 35.4 Å². The van der Waals surface area contributed by atoms with Crippen molar-refractivity contribution >= 4 is 0 Å². The molecule has 0 radical (unpaired) electrons. The van der Waals surface area contributed by atoms with Crippen molar-refractivity contribution in [1.29, 1.82) is 0 Å². The molecular weight excluding hydrogens is 256 g/mol. The van der Waals surface area contributed by atoms with Crippen LogP contribution in [0.25, 0.3) is 0 Å². The van der Waals surface area contributed by atoms with Gasteiger partial charge in [-0.25, -0.2) is 0 Å². The zero-order chi connectivity index (χ0) is 14.5. The third-order valence-electron chi connectivity index (χ3n) is 5.08. The smallest absolute Gasteiger partial charge is 0.0233 e. The van der Waals surface area contributed by atoms with E-state index in [2.05, 4.69) is 41.5 Å². The van der Waals surface area contributed by atoms with Gasteiger partial charge in [-0.05, 0) is 43.9 Å². The Morgan fingerprint density at radius 1 is 0.905 bits per heavy atom. The van der Waals surface area contributed by atoms with Gasteiger partial charge >= 0.3 is 0 Å². The van der Waals surface area contributed by atoms with Crippen LogP contribution in [0.1, 0.15) is 62.5 Å². The third-order valence-corrected chi connectivity index (χ3v) is 5.08. The van der Waals surface area contributed by atoms with Gasteiger partial charge in [0.2, 0.25) is 0 Å². The van der Waals surface area contributed by atoms with E-state index in [9.17, 15) is 0 Å². The maximum atomic E-state index is 3.58. The van der Waals surface area contributed by atoms with Crippen molar-refractivity contribution in [1.82, 2.24) is 10.2 Å². The fourth-order valence-corrected chi connectivity index (χ4v) is 3.43. The molecule has 1 aromatic rings. The number of rotatable bonds is 6. The number of nitrogens with zero attached hydrogens (tertiary/aromatic N) is 1. The molecule has 0 atom stereocenters. The Kier molecular flexibility index (Phi) is 5.32. The molecule has 1 aromatic carbocycles. The summed E-state index contributed by atoms with van der Waals surface area (Å²) in [5.41, 5.74) is 2.87. The zero-order valence-electron chi connectivity index (χ0n) is 13.5. The largest absolute Gasteiger partial charge is 0.310 e. The molecular formula is C19H30N2. The van der Waals surface area contributed by atoms with Crippen LogP contribution in [0.5, 0.6) is 0 Å². The van der Waals surface area contributed by atoms with E-state index in [0.717, 1.165) is 25.2 Å². The van der Waals surface area contributed by atoms with Gasteiger partial charge in [0, 0.05) is 25.2 Å². The van der Waals surface area contributed by atoms with Crippen LogP contribution in [-0.4, -0.2) is 24.0 Å². The molecule has 0 bridgehead atoms. The summed E-state index contributed by atoms with van der Waals surface area (Å²) in [6.07, 6.45) is 11.2. The van der Waals surface area contributed by atoms with Gasteiger partial charge in [-0.1, -0.05) is 49.9 Å². The molecule has 0 spiro atoms. The highest BCUT2D eigenvalue weighted by Gasteiger charge is 2.20. The Morgan fingerprint density at radius 3 is 2.14 bits per heavy atom. The zero-order valence-corrected chi connectivity index (χ0v) is 13.5. The SMILES string of the molecule is CN(Cc1ccc(CNC2CC2)cc1)C1CCCCCC1. The summed E-state index contributed by atoms with van der Waals surface area (Å²) < 4.78 is 0. The molecule has 2 nitrogen and oxygen atoms in total. The third kappa shape index (κ3) is 4.82. The van der Waals surface area contributed by atoms with Gasteiger partial charge < -0.3 is 5.32 Å². The van der Waals surface area contributed by atoms with E-state index >= 15 is 0 Å². The van der Waals surface area contributed by atoms with Crippen LogP contribution < -0.4 is 5.32 Å². The minimum Gasteiger partial charge on any atom is -0.310 e. The minimum atomic E-state index is 0.795. The van der Waals surface area contributed by atoms with Gasteiger partial charge in [-0.3, -0.25) is 4.90 Å². The Balaban J connectivity index is 1.48. The molecule has 0 aliphatic heterocycles. The molecule has 2 saturated carbocycles. The van der Waals surface area contributed by atoms with Crippen molar-refractivity contribution in [2.75, 3.05) is 7.05 Å². The van der Waals surface area contributed by atoms with Gasteiger partial charge in [-0.2, -0.15) is 0 Å². The van der Waals surface area contributed by atoms with Crippen molar-refractivity contribution in [3.8, 4) is 0 Å². The summed E-state index contributed by atoms with van der Waals surface area (Å²) in [7, 11) is 2.30. The van der Waals surface area contributed by atoms with E-state index in [-0.39, 0.29) is 0 Å². The average Bonchev–Trinajstić information content (AvgIpc) is 3.33. The summed E-state index contributed by atoms with van der Waals surface area (Å²) in [5, 5.41) is 3.58. The predicted octanol–water partition coefficient (Wildman–Crippen LogP) is 4.09.